The van der Waals surface area contributed by atoms with E-state index < -0.39 is 0 Å². The maximum atomic E-state index is 11.0. The Kier molecular flexibility index (Phi) is 2.32. The molecule has 0 spiro atoms. The van der Waals surface area contributed by atoms with Crippen molar-refractivity contribution in [3.8, 4) is 11.9 Å². The smallest absolute Gasteiger partial charge is 0.302 e. The largest absolute Gasteiger partial charge is 0.493 e. The molecule has 5 nitrogen and oxygen atoms in total. The Hall–Kier alpha value is -1.52. The first-order valence-corrected chi connectivity index (χ1v) is 3.55. The van der Waals surface area contributed by atoms with Gasteiger partial charge in [-0.25, -0.2) is 0 Å². The van der Waals surface area contributed by atoms with Gasteiger partial charge in [-0.05, 0) is 6.92 Å². The highest BCUT2D eigenvalue weighted by Crippen LogP contribution is 2.06. The molecule has 0 radical (unpaired) electrons. The number of hydrogen-bond acceptors (Lipinski definition) is 4. The van der Waals surface area contributed by atoms with Crippen molar-refractivity contribution in [3.05, 3.63) is 16.4 Å². The van der Waals surface area contributed by atoms with Crippen LogP contribution in [0, 0.1) is 0 Å². The van der Waals surface area contributed by atoms with Gasteiger partial charge in [-0.3, -0.25) is 9.36 Å². The molecule has 5 heteroatoms. The van der Waals surface area contributed by atoms with Crippen LogP contribution in [0.1, 0.15) is 6.92 Å². The molecule has 0 aliphatic carbocycles. The Morgan fingerprint density at radius 2 is 2.42 bits per heavy atom. The normalized spacial score (nSPS) is 9.83. The van der Waals surface area contributed by atoms with E-state index >= 15 is 0 Å². The van der Waals surface area contributed by atoms with Crippen molar-refractivity contribution in [1.29, 1.82) is 0 Å². The molecule has 0 amide bonds. The molecule has 0 aliphatic rings. The zero-order valence-corrected chi connectivity index (χ0v) is 6.94. The fourth-order valence-electron chi connectivity index (χ4n) is 0.765. The number of ether oxygens (including phenoxy) is 1. The molecule has 12 heavy (non-hydrogen) atoms. The predicted molar refractivity (Wildman–Crippen MR) is 42.3 cm³/mol. The van der Waals surface area contributed by atoms with Crippen molar-refractivity contribution in [1.82, 2.24) is 9.55 Å². The Morgan fingerprint density at radius 3 is 3.00 bits per heavy atom. The van der Waals surface area contributed by atoms with Gasteiger partial charge in [-0.1, -0.05) is 0 Å². The summed E-state index contributed by atoms with van der Waals surface area (Å²) < 4.78 is 6.22. The van der Waals surface area contributed by atoms with E-state index in [1.54, 1.807) is 6.92 Å². The molecule has 1 N–H and O–H groups in total. The quantitative estimate of drug-likeness (QED) is 0.672. The molecule has 1 heterocycles. The molecule has 0 bridgehead atoms. The second kappa shape index (κ2) is 3.25. The van der Waals surface area contributed by atoms with E-state index in [-0.39, 0.29) is 17.4 Å². The van der Waals surface area contributed by atoms with Gasteiger partial charge < -0.3 is 9.84 Å². The van der Waals surface area contributed by atoms with Gasteiger partial charge >= 0.3 is 6.01 Å². The molecule has 0 atom stereocenters. The van der Waals surface area contributed by atoms with Crippen molar-refractivity contribution in [2.45, 2.75) is 6.92 Å². The van der Waals surface area contributed by atoms with Gasteiger partial charge in [0.15, 0.2) is 0 Å². The lowest BCUT2D eigenvalue weighted by atomic mass is 10.6. The first-order chi connectivity index (χ1) is 5.65. The Morgan fingerprint density at radius 1 is 1.75 bits per heavy atom. The van der Waals surface area contributed by atoms with Gasteiger partial charge in [0.05, 0.1) is 12.7 Å². The van der Waals surface area contributed by atoms with E-state index in [1.165, 1.54) is 11.6 Å². The summed E-state index contributed by atoms with van der Waals surface area (Å²) >= 11 is 0. The van der Waals surface area contributed by atoms with Gasteiger partial charge in [0.2, 0.25) is 5.88 Å². The average molecular weight is 170 g/mol. The molecule has 1 aromatic rings. The molecule has 0 aliphatic heterocycles. The van der Waals surface area contributed by atoms with Gasteiger partial charge in [0, 0.05) is 7.05 Å². The lowest BCUT2D eigenvalue weighted by molar-refractivity contribution is 0.288. The van der Waals surface area contributed by atoms with Crippen LogP contribution in [0.2, 0.25) is 0 Å². The van der Waals surface area contributed by atoms with Crippen LogP contribution in [-0.4, -0.2) is 21.3 Å². The lowest BCUT2D eigenvalue weighted by Gasteiger charge is -2.05. The first-order valence-electron chi connectivity index (χ1n) is 3.55. The second-order valence-corrected chi connectivity index (χ2v) is 2.23. The highest BCUT2D eigenvalue weighted by molar-refractivity contribution is 5.11. The van der Waals surface area contributed by atoms with Crippen LogP contribution in [0.25, 0.3) is 0 Å². The molecule has 1 aromatic heterocycles. The molecule has 0 unspecified atom stereocenters. The maximum Gasteiger partial charge on any atom is 0.302 e. The standard InChI is InChI=1S/C7H10N2O3/c1-3-12-7-8-5(10)4-6(11)9(7)2/h4,10H,3H2,1-2H3. The number of aromatic nitrogens is 2. The minimum absolute atomic E-state index is 0.127. The zero-order valence-electron chi connectivity index (χ0n) is 6.94. The second-order valence-electron chi connectivity index (χ2n) is 2.23. The van der Waals surface area contributed by atoms with Crippen LogP contribution in [0.4, 0.5) is 0 Å². The van der Waals surface area contributed by atoms with E-state index in [1.807, 2.05) is 0 Å². The van der Waals surface area contributed by atoms with Crippen molar-refractivity contribution in [2.75, 3.05) is 6.61 Å². The fraction of sp³-hybridized carbons (Fsp3) is 0.429. The minimum Gasteiger partial charge on any atom is -0.493 e. The molecule has 1 rings (SSSR count). The number of nitrogens with zero attached hydrogens (tertiary/aromatic N) is 2. The molecule has 0 fully saturated rings. The van der Waals surface area contributed by atoms with Crippen LogP contribution in [0.3, 0.4) is 0 Å². The van der Waals surface area contributed by atoms with Crippen LogP contribution in [0.5, 0.6) is 11.9 Å². The van der Waals surface area contributed by atoms with Crippen molar-refractivity contribution in [3.63, 3.8) is 0 Å². The third kappa shape index (κ3) is 1.55. The summed E-state index contributed by atoms with van der Waals surface area (Å²) in [5, 5.41) is 8.94. The molecule has 66 valence electrons. The zero-order chi connectivity index (χ0) is 9.14. The maximum absolute atomic E-state index is 11.0. The Labute approximate surface area is 69.2 Å². The van der Waals surface area contributed by atoms with Gasteiger partial charge in [-0.15, -0.1) is 0 Å². The molecular weight excluding hydrogens is 160 g/mol. The third-order valence-corrected chi connectivity index (χ3v) is 1.35. The summed E-state index contributed by atoms with van der Waals surface area (Å²) in [5.41, 5.74) is -0.342. The topological polar surface area (TPSA) is 64.3 Å². The van der Waals surface area contributed by atoms with Crippen LogP contribution in [-0.2, 0) is 7.05 Å². The molecular formula is C7H10N2O3. The predicted octanol–water partition coefficient (Wildman–Crippen LogP) is -0.115. The van der Waals surface area contributed by atoms with E-state index in [4.69, 9.17) is 9.84 Å². The van der Waals surface area contributed by atoms with Crippen LogP contribution >= 0.6 is 0 Å². The summed E-state index contributed by atoms with van der Waals surface area (Å²) in [7, 11) is 1.53. The van der Waals surface area contributed by atoms with Gasteiger partial charge in [0.1, 0.15) is 0 Å². The third-order valence-electron chi connectivity index (χ3n) is 1.35. The fourth-order valence-corrected chi connectivity index (χ4v) is 0.765. The Bertz CT molecular complexity index is 332. The van der Waals surface area contributed by atoms with Crippen molar-refractivity contribution in [2.24, 2.45) is 7.05 Å². The highest BCUT2D eigenvalue weighted by atomic mass is 16.5. The summed E-state index contributed by atoms with van der Waals surface area (Å²) in [6.45, 7) is 2.18. The Balaban J connectivity index is 3.18. The monoisotopic (exact) mass is 170 g/mol. The summed E-state index contributed by atoms with van der Waals surface area (Å²) in [5.74, 6) is -0.318. The average Bonchev–Trinajstić information content (AvgIpc) is 2.00. The van der Waals surface area contributed by atoms with Crippen LogP contribution in [0.15, 0.2) is 10.9 Å². The van der Waals surface area contributed by atoms with Crippen LogP contribution < -0.4 is 10.3 Å². The van der Waals surface area contributed by atoms with E-state index in [2.05, 4.69) is 4.98 Å². The van der Waals surface area contributed by atoms with Crippen molar-refractivity contribution >= 4 is 0 Å². The summed E-state index contributed by atoms with van der Waals surface area (Å²) in [6.07, 6.45) is 0. The summed E-state index contributed by atoms with van der Waals surface area (Å²) in [6, 6.07) is 1.16. The molecule has 0 saturated carbocycles. The number of hydrogen-bond donors (Lipinski definition) is 1. The van der Waals surface area contributed by atoms with Gasteiger partial charge in [-0.2, -0.15) is 4.98 Å². The van der Waals surface area contributed by atoms with Crippen molar-refractivity contribution < 1.29 is 9.84 Å². The van der Waals surface area contributed by atoms with Gasteiger partial charge in [0.25, 0.3) is 5.56 Å². The van der Waals surface area contributed by atoms with E-state index in [0.29, 0.717) is 6.61 Å². The minimum atomic E-state index is -0.342. The molecule has 0 saturated heterocycles. The first kappa shape index (κ1) is 8.58. The molecule has 0 aromatic carbocycles. The summed E-state index contributed by atoms with van der Waals surface area (Å²) in [4.78, 5) is 14.6. The lowest BCUT2D eigenvalue weighted by Crippen LogP contribution is -2.18. The SMILES string of the molecule is CCOc1nc(O)cc(=O)n1C. The van der Waals surface area contributed by atoms with E-state index in [0.717, 1.165) is 6.07 Å². The number of rotatable bonds is 2. The number of aromatic hydroxyl groups is 1. The highest BCUT2D eigenvalue weighted by Gasteiger charge is 2.03. The van der Waals surface area contributed by atoms with E-state index in [9.17, 15) is 4.79 Å².